The monoisotopic (exact) mass is 365 g/mol. The van der Waals surface area contributed by atoms with Gasteiger partial charge in [0.1, 0.15) is 0 Å². The highest BCUT2D eigenvalue weighted by molar-refractivity contribution is 5.93. The van der Waals surface area contributed by atoms with Gasteiger partial charge in [-0.2, -0.15) is 0 Å². The number of hydrogen-bond donors (Lipinski definition) is 1. The van der Waals surface area contributed by atoms with E-state index >= 15 is 0 Å². The molecule has 0 unspecified atom stereocenters. The summed E-state index contributed by atoms with van der Waals surface area (Å²) in [5, 5.41) is 21.7. The van der Waals surface area contributed by atoms with E-state index in [4.69, 9.17) is 0 Å². The van der Waals surface area contributed by atoms with Crippen LogP contribution in [0.25, 0.3) is 5.69 Å². The standard InChI is InChI=1S/C19H19N5O3/c1-14-18(19(25)20-12-6-9-15-7-3-2-4-8-15)21-22-23(14)16-10-5-11-17(13-16)24(26)27/h2-5,7-8,10-11,13H,6,9,12H2,1H3,(H,20,25). The summed E-state index contributed by atoms with van der Waals surface area (Å²) >= 11 is 0. The first-order chi connectivity index (χ1) is 13.1. The third kappa shape index (κ3) is 4.35. The molecule has 3 aromatic rings. The Morgan fingerprint density at radius 1 is 1.19 bits per heavy atom. The lowest BCUT2D eigenvalue weighted by Gasteiger charge is -2.05. The van der Waals surface area contributed by atoms with Gasteiger partial charge >= 0.3 is 0 Å². The van der Waals surface area contributed by atoms with Crippen LogP contribution in [0.15, 0.2) is 54.6 Å². The van der Waals surface area contributed by atoms with Crippen LogP contribution in [0.2, 0.25) is 0 Å². The number of hydrogen-bond acceptors (Lipinski definition) is 5. The zero-order chi connectivity index (χ0) is 19.2. The summed E-state index contributed by atoms with van der Waals surface area (Å²) in [7, 11) is 0. The molecule has 0 atom stereocenters. The lowest BCUT2D eigenvalue weighted by Crippen LogP contribution is -2.26. The van der Waals surface area contributed by atoms with Gasteiger partial charge in [-0.1, -0.05) is 41.6 Å². The molecule has 0 aliphatic rings. The summed E-state index contributed by atoms with van der Waals surface area (Å²) in [6.45, 7) is 2.23. The van der Waals surface area contributed by atoms with Crippen LogP contribution in [-0.2, 0) is 6.42 Å². The van der Waals surface area contributed by atoms with Gasteiger partial charge in [-0.3, -0.25) is 14.9 Å². The predicted molar refractivity (Wildman–Crippen MR) is 99.8 cm³/mol. The maximum atomic E-state index is 12.4. The van der Waals surface area contributed by atoms with Gasteiger partial charge in [-0.05, 0) is 31.4 Å². The molecular formula is C19H19N5O3. The van der Waals surface area contributed by atoms with E-state index in [2.05, 4.69) is 27.8 Å². The van der Waals surface area contributed by atoms with E-state index in [1.54, 1.807) is 19.1 Å². The largest absolute Gasteiger partial charge is 0.351 e. The number of carbonyl (C=O) groups excluding carboxylic acids is 1. The Hall–Kier alpha value is -3.55. The predicted octanol–water partition coefficient (Wildman–Crippen LogP) is 2.85. The SMILES string of the molecule is Cc1c(C(=O)NCCCc2ccccc2)nnn1-c1cccc([N+](=O)[O-])c1. The van der Waals surface area contributed by atoms with Gasteiger partial charge in [0.15, 0.2) is 5.69 Å². The number of nitro groups is 1. The Kier molecular flexibility index (Phi) is 5.55. The maximum Gasteiger partial charge on any atom is 0.273 e. The summed E-state index contributed by atoms with van der Waals surface area (Å²) in [5.41, 5.74) is 2.39. The number of nitrogens with zero attached hydrogens (tertiary/aromatic N) is 4. The van der Waals surface area contributed by atoms with Crippen LogP contribution in [0.1, 0.15) is 28.2 Å². The van der Waals surface area contributed by atoms with Crippen molar-refractivity contribution in [2.24, 2.45) is 0 Å². The molecule has 0 saturated carbocycles. The zero-order valence-electron chi connectivity index (χ0n) is 14.8. The van der Waals surface area contributed by atoms with Crippen molar-refractivity contribution in [2.45, 2.75) is 19.8 Å². The fourth-order valence-electron chi connectivity index (χ4n) is 2.75. The van der Waals surface area contributed by atoms with Crippen molar-refractivity contribution in [2.75, 3.05) is 6.54 Å². The summed E-state index contributed by atoms with van der Waals surface area (Å²) in [6, 6.07) is 16.1. The number of amides is 1. The second-order valence-electron chi connectivity index (χ2n) is 6.06. The van der Waals surface area contributed by atoms with Crippen molar-refractivity contribution in [3.05, 3.63) is 81.7 Å². The van der Waals surface area contributed by atoms with Crippen molar-refractivity contribution in [1.82, 2.24) is 20.3 Å². The molecule has 138 valence electrons. The van der Waals surface area contributed by atoms with Crippen molar-refractivity contribution in [1.29, 1.82) is 0 Å². The lowest BCUT2D eigenvalue weighted by atomic mass is 10.1. The number of nitrogens with one attached hydrogen (secondary N) is 1. The zero-order valence-corrected chi connectivity index (χ0v) is 14.8. The molecule has 0 spiro atoms. The number of benzene rings is 2. The first-order valence-corrected chi connectivity index (χ1v) is 8.55. The van der Waals surface area contributed by atoms with E-state index in [-0.39, 0.29) is 17.3 Å². The molecule has 1 aromatic heterocycles. The molecule has 0 aliphatic heterocycles. The van der Waals surface area contributed by atoms with Crippen molar-refractivity contribution < 1.29 is 9.72 Å². The Balaban J connectivity index is 1.63. The second-order valence-corrected chi connectivity index (χ2v) is 6.06. The fraction of sp³-hybridized carbons (Fsp3) is 0.211. The summed E-state index contributed by atoms with van der Waals surface area (Å²) < 4.78 is 1.42. The van der Waals surface area contributed by atoms with Crippen LogP contribution in [0, 0.1) is 17.0 Å². The average molecular weight is 365 g/mol. The van der Waals surface area contributed by atoms with Gasteiger partial charge < -0.3 is 5.32 Å². The Morgan fingerprint density at radius 2 is 1.96 bits per heavy atom. The number of non-ortho nitro benzene ring substituents is 1. The van der Waals surface area contributed by atoms with Crippen molar-refractivity contribution in [3.8, 4) is 5.69 Å². The van der Waals surface area contributed by atoms with Gasteiger partial charge in [0, 0.05) is 18.7 Å². The van der Waals surface area contributed by atoms with Crippen molar-refractivity contribution in [3.63, 3.8) is 0 Å². The van der Waals surface area contributed by atoms with Gasteiger partial charge in [0.05, 0.1) is 16.3 Å². The molecule has 8 nitrogen and oxygen atoms in total. The van der Waals surface area contributed by atoms with E-state index in [0.29, 0.717) is 17.9 Å². The normalized spacial score (nSPS) is 10.6. The van der Waals surface area contributed by atoms with E-state index in [0.717, 1.165) is 12.8 Å². The first kappa shape index (κ1) is 18.2. The van der Waals surface area contributed by atoms with Crippen LogP contribution < -0.4 is 5.32 Å². The highest BCUT2D eigenvalue weighted by Gasteiger charge is 2.18. The number of nitro benzene ring substituents is 1. The minimum atomic E-state index is -0.476. The van der Waals surface area contributed by atoms with Crippen molar-refractivity contribution >= 4 is 11.6 Å². The van der Waals surface area contributed by atoms with Crippen LogP contribution >= 0.6 is 0 Å². The molecule has 1 heterocycles. The van der Waals surface area contributed by atoms with Gasteiger partial charge in [-0.25, -0.2) is 4.68 Å². The summed E-state index contributed by atoms with van der Waals surface area (Å²) in [4.78, 5) is 22.8. The first-order valence-electron chi connectivity index (χ1n) is 8.55. The number of aromatic nitrogens is 3. The van der Waals surface area contributed by atoms with Crippen LogP contribution in [0.5, 0.6) is 0 Å². The average Bonchev–Trinajstić information content (AvgIpc) is 3.07. The molecular weight excluding hydrogens is 346 g/mol. The minimum Gasteiger partial charge on any atom is -0.351 e. The third-order valence-electron chi connectivity index (χ3n) is 4.17. The number of aryl methyl sites for hydroxylation is 1. The van der Waals surface area contributed by atoms with Gasteiger partial charge in [0.25, 0.3) is 11.6 Å². The minimum absolute atomic E-state index is 0.0469. The lowest BCUT2D eigenvalue weighted by molar-refractivity contribution is -0.384. The number of carbonyl (C=O) groups is 1. The molecule has 1 N–H and O–H groups in total. The van der Waals surface area contributed by atoms with E-state index < -0.39 is 4.92 Å². The second kappa shape index (κ2) is 8.22. The quantitative estimate of drug-likeness (QED) is 0.394. The molecule has 2 aromatic carbocycles. The molecule has 27 heavy (non-hydrogen) atoms. The molecule has 3 rings (SSSR count). The highest BCUT2D eigenvalue weighted by atomic mass is 16.6. The Bertz CT molecular complexity index is 953. The van der Waals surface area contributed by atoms with Crippen LogP contribution in [0.4, 0.5) is 5.69 Å². The molecule has 8 heteroatoms. The smallest absolute Gasteiger partial charge is 0.273 e. The topological polar surface area (TPSA) is 103 Å². The maximum absolute atomic E-state index is 12.4. The molecule has 0 saturated heterocycles. The van der Waals surface area contributed by atoms with Gasteiger partial charge in [0.2, 0.25) is 0 Å². The Labute approximate surface area is 156 Å². The van der Waals surface area contributed by atoms with E-state index in [1.807, 2.05) is 18.2 Å². The molecule has 0 aliphatic carbocycles. The van der Waals surface area contributed by atoms with Crippen LogP contribution in [-0.4, -0.2) is 32.4 Å². The fourth-order valence-corrected chi connectivity index (χ4v) is 2.75. The molecule has 0 bridgehead atoms. The molecule has 1 amide bonds. The van der Waals surface area contributed by atoms with Crippen LogP contribution in [0.3, 0.4) is 0 Å². The third-order valence-corrected chi connectivity index (χ3v) is 4.17. The summed E-state index contributed by atoms with van der Waals surface area (Å²) in [6.07, 6.45) is 1.69. The Morgan fingerprint density at radius 3 is 2.70 bits per heavy atom. The molecule has 0 radical (unpaired) electrons. The van der Waals surface area contributed by atoms with E-state index in [9.17, 15) is 14.9 Å². The van der Waals surface area contributed by atoms with Gasteiger partial charge in [-0.15, -0.1) is 5.10 Å². The summed E-state index contributed by atoms with van der Waals surface area (Å²) in [5.74, 6) is -0.308. The highest BCUT2D eigenvalue weighted by Crippen LogP contribution is 2.18. The van der Waals surface area contributed by atoms with E-state index in [1.165, 1.54) is 22.4 Å². The number of rotatable bonds is 7. The molecule has 0 fully saturated rings.